The fraction of sp³-hybridized carbons (Fsp3) is 0.571. The second-order valence-electron chi connectivity index (χ2n) is 2.72. The molecule has 2 N–H and O–H groups in total. The molecule has 0 aliphatic carbocycles. The first-order valence-corrected chi connectivity index (χ1v) is 5.09. The molecule has 0 unspecified atom stereocenters. The van der Waals surface area contributed by atoms with Gasteiger partial charge in [-0.15, -0.1) is 0 Å². The Morgan fingerprint density at radius 3 is 2.93 bits per heavy atom. The fourth-order valence-electron chi connectivity index (χ4n) is 0.969. The van der Waals surface area contributed by atoms with Crippen LogP contribution in [0.1, 0.15) is 0 Å². The second kappa shape index (κ2) is 5.79. The van der Waals surface area contributed by atoms with Crippen LogP contribution in [0.2, 0.25) is 0 Å². The van der Waals surface area contributed by atoms with E-state index >= 15 is 0 Å². The first-order chi connectivity index (χ1) is 7.15. The second-order valence-corrected chi connectivity index (χ2v) is 3.58. The van der Waals surface area contributed by atoms with E-state index in [4.69, 9.17) is 10.5 Å². The van der Waals surface area contributed by atoms with Crippen molar-refractivity contribution in [1.82, 2.24) is 9.78 Å². The van der Waals surface area contributed by atoms with E-state index < -0.39 is 4.92 Å². The predicted molar refractivity (Wildman–Crippen MR) is 56.5 cm³/mol. The third-order valence-electron chi connectivity index (χ3n) is 1.60. The lowest BCUT2D eigenvalue weighted by Gasteiger charge is -1.99. The summed E-state index contributed by atoms with van der Waals surface area (Å²) >= 11 is 3.05. The lowest BCUT2D eigenvalue weighted by atomic mass is 10.6. The fourth-order valence-corrected chi connectivity index (χ4v) is 1.43. The Hall–Kier alpha value is -0.990. The van der Waals surface area contributed by atoms with Crippen molar-refractivity contribution in [2.24, 2.45) is 5.73 Å². The lowest BCUT2D eigenvalue weighted by Crippen LogP contribution is -2.12. The van der Waals surface area contributed by atoms with Crippen LogP contribution < -0.4 is 5.73 Å². The van der Waals surface area contributed by atoms with Gasteiger partial charge in [-0.05, 0) is 20.9 Å². The van der Waals surface area contributed by atoms with Gasteiger partial charge < -0.3 is 20.6 Å². The minimum atomic E-state index is -0.540. The van der Waals surface area contributed by atoms with Crippen LogP contribution in [0, 0.1) is 10.1 Å². The monoisotopic (exact) mass is 278 g/mol. The van der Waals surface area contributed by atoms with Crippen LogP contribution in [0.4, 0.5) is 5.82 Å². The van der Waals surface area contributed by atoms with Crippen LogP contribution >= 0.6 is 15.9 Å². The number of ether oxygens (including phenoxy) is 1. The Kier molecular flexibility index (Phi) is 4.66. The standard InChI is InChI=1S/C7H11BrN4O3/c8-6-5-11(2-4-15-3-1-9)10-7(6)12(13)14/h5H,1-4,9H2. The van der Waals surface area contributed by atoms with Gasteiger partial charge in [-0.25, -0.2) is 0 Å². The number of aromatic nitrogens is 2. The Balaban J connectivity index is 2.48. The van der Waals surface area contributed by atoms with Gasteiger partial charge in [-0.2, -0.15) is 4.68 Å². The summed E-state index contributed by atoms with van der Waals surface area (Å²) in [6.45, 7) is 1.84. The van der Waals surface area contributed by atoms with Crippen LogP contribution in [-0.2, 0) is 11.3 Å². The summed E-state index contributed by atoms with van der Waals surface area (Å²) in [5.41, 5.74) is 5.23. The van der Waals surface area contributed by atoms with Crippen molar-refractivity contribution in [3.05, 3.63) is 20.8 Å². The lowest BCUT2D eigenvalue weighted by molar-refractivity contribution is -0.390. The molecule has 0 fully saturated rings. The Labute approximate surface area is 94.5 Å². The Morgan fingerprint density at radius 2 is 2.40 bits per heavy atom. The molecule has 0 radical (unpaired) electrons. The van der Waals surface area contributed by atoms with Crippen LogP contribution in [0.25, 0.3) is 0 Å². The third-order valence-corrected chi connectivity index (χ3v) is 2.16. The minimum absolute atomic E-state index is 0.186. The quantitative estimate of drug-likeness (QED) is 0.465. The molecule has 8 heteroatoms. The maximum atomic E-state index is 10.5. The van der Waals surface area contributed by atoms with Crippen molar-refractivity contribution >= 4 is 21.7 Å². The molecule has 7 nitrogen and oxygen atoms in total. The van der Waals surface area contributed by atoms with Gasteiger partial charge in [0.2, 0.25) is 0 Å². The molecule has 0 atom stereocenters. The summed E-state index contributed by atoms with van der Waals surface area (Å²) in [5.74, 6) is -0.186. The molecule has 1 heterocycles. The van der Waals surface area contributed by atoms with E-state index in [0.29, 0.717) is 30.8 Å². The van der Waals surface area contributed by atoms with E-state index in [0.717, 1.165) is 0 Å². The topological polar surface area (TPSA) is 96.2 Å². The minimum Gasteiger partial charge on any atom is -0.378 e. The van der Waals surface area contributed by atoms with E-state index in [2.05, 4.69) is 21.0 Å². The summed E-state index contributed by atoms with van der Waals surface area (Å²) < 4.78 is 6.95. The smallest absolute Gasteiger partial charge is 0.378 e. The Morgan fingerprint density at radius 1 is 1.67 bits per heavy atom. The van der Waals surface area contributed by atoms with Crippen molar-refractivity contribution < 1.29 is 9.66 Å². The van der Waals surface area contributed by atoms with E-state index in [1.54, 1.807) is 6.20 Å². The molecule has 0 aromatic carbocycles. The van der Waals surface area contributed by atoms with Gasteiger partial charge in [-0.1, -0.05) is 0 Å². The van der Waals surface area contributed by atoms with Gasteiger partial charge in [0, 0.05) is 6.54 Å². The van der Waals surface area contributed by atoms with Crippen molar-refractivity contribution in [3.8, 4) is 0 Å². The first-order valence-electron chi connectivity index (χ1n) is 4.30. The number of nitro groups is 1. The summed E-state index contributed by atoms with van der Waals surface area (Å²) in [4.78, 5) is 9.92. The third kappa shape index (κ3) is 3.57. The van der Waals surface area contributed by atoms with Gasteiger partial charge in [0.1, 0.15) is 4.47 Å². The molecule has 0 aliphatic heterocycles. The zero-order valence-electron chi connectivity index (χ0n) is 7.93. The van der Waals surface area contributed by atoms with Crippen molar-refractivity contribution in [2.75, 3.05) is 19.8 Å². The summed E-state index contributed by atoms with van der Waals surface area (Å²) in [6, 6.07) is 0. The molecule has 0 aliphatic rings. The molecule has 0 saturated carbocycles. The number of hydrogen-bond donors (Lipinski definition) is 1. The number of rotatable bonds is 6. The normalized spacial score (nSPS) is 10.5. The summed E-state index contributed by atoms with van der Waals surface area (Å²) in [7, 11) is 0. The molecule has 0 saturated heterocycles. The van der Waals surface area contributed by atoms with Gasteiger partial charge in [-0.3, -0.25) is 0 Å². The highest BCUT2D eigenvalue weighted by Crippen LogP contribution is 2.21. The average Bonchev–Trinajstić information content (AvgIpc) is 2.55. The molecule has 15 heavy (non-hydrogen) atoms. The SMILES string of the molecule is NCCOCCn1cc(Br)c([N+](=O)[O-])n1. The number of hydrogen-bond acceptors (Lipinski definition) is 5. The van der Waals surface area contributed by atoms with E-state index in [1.807, 2.05) is 0 Å². The van der Waals surface area contributed by atoms with Gasteiger partial charge in [0.15, 0.2) is 0 Å². The summed E-state index contributed by atoms with van der Waals surface area (Å²) in [6.07, 6.45) is 1.55. The van der Waals surface area contributed by atoms with Crippen molar-refractivity contribution in [1.29, 1.82) is 0 Å². The molecule has 84 valence electrons. The van der Waals surface area contributed by atoms with Crippen molar-refractivity contribution in [3.63, 3.8) is 0 Å². The van der Waals surface area contributed by atoms with Gasteiger partial charge in [0.25, 0.3) is 0 Å². The average molecular weight is 279 g/mol. The van der Waals surface area contributed by atoms with Crippen LogP contribution in [-0.4, -0.2) is 34.5 Å². The predicted octanol–water partition coefficient (Wildman–Crippen LogP) is 0.529. The van der Waals surface area contributed by atoms with E-state index in [-0.39, 0.29) is 5.82 Å². The van der Waals surface area contributed by atoms with Crippen LogP contribution in [0.5, 0.6) is 0 Å². The molecular formula is C7H11BrN4O3. The molecule has 1 aromatic rings. The highest BCUT2D eigenvalue weighted by Gasteiger charge is 2.17. The zero-order chi connectivity index (χ0) is 11.3. The van der Waals surface area contributed by atoms with Crippen LogP contribution in [0.15, 0.2) is 10.7 Å². The van der Waals surface area contributed by atoms with Gasteiger partial charge in [0.05, 0.1) is 31.1 Å². The molecule has 0 spiro atoms. The number of nitrogens with zero attached hydrogens (tertiary/aromatic N) is 3. The molecule has 1 aromatic heterocycles. The maximum Gasteiger partial charge on any atom is 0.404 e. The number of halogens is 1. The van der Waals surface area contributed by atoms with Crippen molar-refractivity contribution in [2.45, 2.75) is 6.54 Å². The summed E-state index contributed by atoms with van der Waals surface area (Å²) in [5, 5.41) is 14.2. The molecule has 1 rings (SSSR count). The number of nitrogens with two attached hydrogens (primary N) is 1. The highest BCUT2D eigenvalue weighted by molar-refractivity contribution is 9.10. The zero-order valence-corrected chi connectivity index (χ0v) is 9.51. The van der Waals surface area contributed by atoms with E-state index in [9.17, 15) is 10.1 Å². The maximum absolute atomic E-state index is 10.5. The van der Waals surface area contributed by atoms with Crippen LogP contribution in [0.3, 0.4) is 0 Å². The molecular weight excluding hydrogens is 268 g/mol. The van der Waals surface area contributed by atoms with Gasteiger partial charge >= 0.3 is 5.82 Å². The van der Waals surface area contributed by atoms with E-state index in [1.165, 1.54) is 4.68 Å². The Bertz CT molecular complexity index is 341. The largest absolute Gasteiger partial charge is 0.404 e. The molecule has 0 amide bonds. The molecule has 0 bridgehead atoms. The first kappa shape index (κ1) is 12.1. The highest BCUT2D eigenvalue weighted by atomic mass is 79.9.